The maximum atomic E-state index is 4.34. The molecule has 2 nitrogen and oxygen atoms in total. The van der Waals surface area contributed by atoms with Gasteiger partial charge in [-0.25, -0.2) is 0 Å². The second-order valence-corrected chi connectivity index (χ2v) is 5.27. The van der Waals surface area contributed by atoms with E-state index in [4.69, 9.17) is 0 Å². The molecular formula is C15H24N2. The molecule has 0 saturated heterocycles. The summed E-state index contributed by atoms with van der Waals surface area (Å²) in [5.41, 5.74) is 2.65. The fourth-order valence-corrected chi connectivity index (χ4v) is 2.90. The van der Waals surface area contributed by atoms with E-state index in [-0.39, 0.29) is 0 Å². The molecule has 2 heteroatoms. The lowest BCUT2D eigenvalue weighted by Gasteiger charge is -2.25. The molecule has 0 amide bonds. The summed E-state index contributed by atoms with van der Waals surface area (Å²) in [7, 11) is 0. The summed E-state index contributed by atoms with van der Waals surface area (Å²) in [6, 6.07) is 2.81. The van der Waals surface area contributed by atoms with Gasteiger partial charge in [-0.1, -0.05) is 25.8 Å². The molecule has 0 bridgehead atoms. The van der Waals surface area contributed by atoms with E-state index in [2.05, 4.69) is 30.2 Å². The Morgan fingerprint density at radius 1 is 1.35 bits per heavy atom. The number of nitrogens with one attached hydrogen (secondary N) is 1. The minimum atomic E-state index is 0.518. The monoisotopic (exact) mass is 232 g/mol. The van der Waals surface area contributed by atoms with Gasteiger partial charge in [-0.15, -0.1) is 0 Å². The fraction of sp³-hybridized carbons (Fsp3) is 0.667. The first-order valence-electron chi connectivity index (χ1n) is 6.96. The molecule has 0 radical (unpaired) electrons. The van der Waals surface area contributed by atoms with Crippen molar-refractivity contribution in [2.75, 3.05) is 6.54 Å². The first-order valence-corrected chi connectivity index (χ1v) is 6.96. The summed E-state index contributed by atoms with van der Waals surface area (Å²) in [4.78, 5) is 4.34. The third kappa shape index (κ3) is 3.29. The number of hydrogen-bond donors (Lipinski definition) is 1. The fourth-order valence-electron chi connectivity index (χ4n) is 2.90. The Labute approximate surface area is 105 Å². The zero-order valence-electron chi connectivity index (χ0n) is 11.1. The second-order valence-electron chi connectivity index (χ2n) is 5.27. The van der Waals surface area contributed by atoms with Gasteiger partial charge in [0.2, 0.25) is 0 Å². The highest BCUT2D eigenvalue weighted by molar-refractivity contribution is 5.21. The normalized spacial score (nSPS) is 18.5. The largest absolute Gasteiger partial charge is 0.310 e. The summed E-state index contributed by atoms with van der Waals surface area (Å²) >= 11 is 0. The summed E-state index contributed by atoms with van der Waals surface area (Å²) in [5, 5.41) is 3.71. The van der Waals surface area contributed by atoms with E-state index in [9.17, 15) is 0 Å². The molecule has 1 aromatic heterocycles. The summed E-state index contributed by atoms with van der Waals surface area (Å²) in [5.74, 6) is 0.810. The van der Waals surface area contributed by atoms with Gasteiger partial charge in [0, 0.05) is 18.4 Å². The predicted octanol–water partition coefficient (Wildman–Crippen LogP) is 3.62. The maximum Gasteiger partial charge on any atom is 0.0364 e. The Morgan fingerprint density at radius 3 is 2.76 bits per heavy atom. The molecule has 0 spiro atoms. The van der Waals surface area contributed by atoms with Gasteiger partial charge in [0.15, 0.2) is 0 Å². The molecule has 1 saturated carbocycles. The van der Waals surface area contributed by atoms with Crippen LogP contribution in [-0.4, -0.2) is 11.5 Å². The number of hydrogen-bond acceptors (Lipinski definition) is 2. The number of rotatable bonds is 5. The Morgan fingerprint density at radius 2 is 2.12 bits per heavy atom. The van der Waals surface area contributed by atoms with E-state index in [1.807, 2.05) is 12.4 Å². The Hall–Kier alpha value is -0.890. The van der Waals surface area contributed by atoms with Gasteiger partial charge in [-0.05, 0) is 49.8 Å². The van der Waals surface area contributed by atoms with E-state index in [0.717, 1.165) is 12.5 Å². The number of aryl methyl sites for hydroxylation is 1. The van der Waals surface area contributed by atoms with Crippen molar-refractivity contribution >= 4 is 0 Å². The van der Waals surface area contributed by atoms with Crippen molar-refractivity contribution in [2.45, 2.75) is 52.0 Å². The summed E-state index contributed by atoms with van der Waals surface area (Å²) in [6.07, 6.45) is 10.7. The van der Waals surface area contributed by atoms with Gasteiger partial charge >= 0.3 is 0 Å². The lowest BCUT2D eigenvalue weighted by molar-refractivity contribution is 0.367. The van der Waals surface area contributed by atoms with E-state index in [1.165, 1.54) is 43.2 Å². The molecule has 1 atom stereocenters. The molecule has 1 aliphatic carbocycles. The smallest absolute Gasteiger partial charge is 0.0364 e. The van der Waals surface area contributed by atoms with E-state index in [1.54, 1.807) is 0 Å². The quantitative estimate of drug-likeness (QED) is 0.838. The van der Waals surface area contributed by atoms with Gasteiger partial charge in [-0.2, -0.15) is 0 Å². The molecule has 1 N–H and O–H groups in total. The predicted molar refractivity (Wildman–Crippen MR) is 72.0 cm³/mol. The number of aromatic nitrogens is 1. The van der Waals surface area contributed by atoms with Crippen LogP contribution in [-0.2, 0) is 0 Å². The first kappa shape index (κ1) is 12.6. The average Bonchev–Trinajstić information content (AvgIpc) is 2.83. The van der Waals surface area contributed by atoms with Gasteiger partial charge in [0.25, 0.3) is 0 Å². The topological polar surface area (TPSA) is 24.9 Å². The minimum absolute atomic E-state index is 0.518. The Balaban J connectivity index is 2.13. The van der Waals surface area contributed by atoms with Crippen molar-refractivity contribution in [2.24, 2.45) is 5.92 Å². The van der Waals surface area contributed by atoms with Crippen molar-refractivity contribution in [1.29, 1.82) is 0 Å². The van der Waals surface area contributed by atoms with Crippen molar-refractivity contribution in [3.05, 3.63) is 29.6 Å². The second kappa shape index (κ2) is 6.15. The molecule has 1 aliphatic rings. The van der Waals surface area contributed by atoms with Crippen molar-refractivity contribution < 1.29 is 0 Å². The highest BCUT2D eigenvalue weighted by Crippen LogP contribution is 2.35. The molecule has 1 aromatic rings. The molecule has 0 aromatic carbocycles. The van der Waals surface area contributed by atoms with E-state index >= 15 is 0 Å². The zero-order chi connectivity index (χ0) is 12.1. The highest BCUT2D eigenvalue weighted by atomic mass is 14.9. The standard InChI is InChI=1S/C15H24N2/c1-3-8-17-15(13-6-4-5-7-13)14-9-12(2)10-16-11-14/h9-11,13,15,17H,3-8H2,1-2H3. The van der Waals surface area contributed by atoms with Gasteiger partial charge in [0.05, 0.1) is 0 Å². The van der Waals surface area contributed by atoms with Crippen LogP contribution in [0.2, 0.25) is 0 Å². The van der Waals surface area contributed by atoms with Crippen LogP contribution < -0.4 is 5.32 Å². The molecule has 94 valence electrons. The van der Waals surface area contributed by atoms with E-state index in [0.29, 0.717) is 6.04 Å². The van der Waals surface area contributed by atoms with Crippen molar-refractivity contribution in [3.63, 3.8) is 0 Å². The van der Waals surface area contributed by atoms with Gasteiger partial charge in [0.1, 0.15) is 0 Å². The number of nitrogens with zero attached hydrogens (tertiary/aromatic N) is 1. The average molecular weight is 232 g/mol. The molecule has 0 aliphatic heterocycles. The van der Waals surface area contributed by atoms with Crippen LogP contribution in [0, 0.1) is 12.8 Å². The van der Waals surface area contributed by atoms with Gasteiger partial charge in [-0.3, -0.25) is 4.98 Å². The Bertz CT molecular complexity index is 343. The zero-order valence-corrected chi connectivity index (χ0v) is 11.1. The van der Waals surface area contributed by atoms with Crippen LogP contribution >= 0.6 is 0 Å². The van der Waals surface area contributed by atoms with Crippen LogP contribution in [0.15, 0.2) is 18.5 Å². The van der Waals surface area contributed by atoms with Crippen molar-refractivity contribution in [3.8, 4) is 0 Å². The first-order chi connectivity index (χ1) is 8.31. The maximum absolute atomic E-state index is 4.34. The van der Waals surface area contributed by atoms with Crippen LogP contribution in [0.25, 0.3) is 0 Å². The highest BCUT2D eigenvalue weighted by Gasteiger charge is 2.25. The van der Waals surface area contributed by atoms with Crippen molar-refractivity contribution in [1.82, 2.24) is 10.3 Å². The molecule has 2 rings (SSSR count). The molecule has 1 heterocycles. The lowest BCUT2D eigenvalue weighted by atomic mass is 9.92. The van der Waals surface area contributed by atoms with Crippen LogP contribution in [0.3, 0.4) is 0 Å². The van der Waals surface area contributed by atoms with E-state index < -0.39 is 0 Å². The lowest BCUT2D eigenvalue weighted by Crippen LogP contribution is -2.28. The molecule has 1 fully saturated rings. The van der Waals surface area contributed by atoms with Gasteiger partial charge < -0.3 is 5.32 Å². The third-order valence-corrected chi connectivity index (χ3v) is 3.74. The molecule has 1 unspecified atom stereocenters. The minimum Gasteiger partial charge on any atom is -0.310 e. The molecular weight excluding hydrogens is 208 g/mol. The van der Waals surface area contributed by atoms with Crippen LogP contribution in [0.5, 0.6) is 0 Å². The third-order valence-electron chi connectivity index (χ3n) is 3.74. The van der Waals surface area contributed by atoms with Crippen LogP contribution in [0.1, 0.15) is 56.2 Å². The van der Waals surface area contributed by atoms with Crippen LogP contribution in [0.4, 0.5) is 0 Å². The number of pyridine rings is 1. The summed E-state index contributed by atoms with van der Waals surface area (Å²) < 4.78 is 0. The Kier molecular flexibility index (Phi) is 4.55. The SMILES string of the molecule is CCCNC(c1cncc(C)c1)C1CCCC1. The molecule has 17 heavy (non-hydrogen) atoms. The summed E-state index contributed by atoms with van der Waals surface area (Å²) in [6.45, 7) is 5.46.